The average molecular weight is 1170 g/mol. The molecule has 2 saturated heterocycles. The van der Waals surface area contributed by atoms with Crippen LogP contribution in [0.25, 0.3) is 21.6 Å². The van der Waals surface area contributed by atoms with Crippen molar-refractivity contribution in [3.63, 3.8) is 0 Å². The quantitative estimate of drug-likeness (QED) is 0.0376. The van der Waals surface area contributed by atoms with E-state index < -0.39 is 24.1 Å². The minimum absolute atomic E-state index is 0.00875. The van der Waals surface area contributed by atoms with Crippen LogP contribution in [0.2, 0.25) is 0 Å². The van der Waals surface area contributed by atoms with E-state index in [1.807, 2.05) is 114 Å². The largest absolute Gasteiger partial charge is 0.494 e. The summed E-state index contributed by atoms with van der Waals surface area (Å²) in [5.74, 6) is -0.182. The number of likely N-dealkylation sites (tertiary alicyclic amines) is 1. The maximum atomic E-state index is 14.3. The average Bonchev–Trinajstić information content (AvgIpc) is 4.02. The number of rotatable bonds is 26. The topological polar surface area (TPSA) is 214 Å². The van der Waals surface area contributed by atoms with Crippen molar-refractivity contribution in [2.24, 2.45) is 5.92 Å². The molecule has 4 aromatic carbocycles. The standard InChI is InChI=1S/C65H79N7O11S/c1-8-70(50-20-24-80-25-21-50)56-32-49(31-54(43(56)6)61(74)67-36-55-41(4)30-42(5)69-62(55)75)45-16-18-52(19-17-45)82-23-11-22-79-26-27-81-28-29-83-58-33-46(60-44(7)68-39-84-60)14-15-47(58)35-66-63(76)57-34-51(73)38-71(57)65(78)59(40(2)3)72-37-48-12-9-10-13-53(48)64(72)77/h9-10,12-19,30-33,39-40,50-51,57,59,73H,8,11,20-29,34-38H2,1-7H3,(H,66,76)(H,67,74)(H,69,75)/t51-,57?,59+/m1/s1. The number of aryl methyl sites for hydroxylation is 3. The molecule has 9 rings (SSSR count). The fraction of sp³-hybridized carbons (Fsp3) is 0.446. The molecular weight excluding hydrogens is 1090 g/mol. The summed E-state index contributed by atoms with van der Waals surface area (Å²) in [6.45, 7) is 18.5. The number of β-amino-alcohol motifs (C(OH)–C–C–N with tert-alkyl or cyclic N) is 1. The molecule has 2 fully saturated rings. The van der Waals surface area contributed by atoms with Crippen LogP contribution in [0.3, 0.4) is 0 Å². The molecule has 0 aliphatic carbocycles. The summed E-state index contributed by atoms with van der Waals surface area (Å²) in [5, 5.41) is 16.8. The molecule has 0 bridgehead atoms. The Hall–Kier alpha value is -7.42. The lowest BCUT2D eigenvalue weighted by Gasteiger charge is -2.37. The Labute approximate surface area is 495 Å². The number of carbonyl (C=O) groups is 4. The Morgan fingerprint density at radius 3 is 2.30 bits per heavy atom. The molecule has 18 nitrogen and oxygen atoms in total. The normalized spacial score (nSPS) is 16.5. The van der Waals surface area contributed by atoms with Gasteiger partial charge in [-0.1, -0.05) is 56.3 Å². The molecule has 5 heterocycles. The Kier molecular flexibility index (Phi) is 20.7. The predicted octanol–water partition coefficient (Wildman–Crippen LogP) is 8.47. The first-order chi connectivity index (χ1) is 40.6. The van der Waals surface area contributed by atoms with Crippen molar-refractivity contribution >= 4 is 40.7 Å². The van der Waals surface area contributed by atoms with Crippen molar-refractivity contribution in [2.75, 3.05) is 70.8 Å². The van der Waals surface area contributed by atoms with Gasteiger partial charge >= 0.3 is 0 Å². The van der Waals surface area contributed by atoms with Gasteiger partial charge in [-0.05, 0) is 129 Å². The molecule has 3 atom stereocenters. The number of carbonyl (C=O) groups excluding carboxylic acids is 4. The van der Waals surface area contributed by atoms with Gasteiger partial charge in [0.15, 0.2) is 0 Å². The van der Waals surface area contributed by atoms with E-state index in [0.29, 0.717) is 80.8 Å². The summed E-state index contributed by atoms with van der Waals surface area (Å²) in [4.78, 5) is 82.3. The van der Waals surface area contributed by atoms with Crippen molar-refractivity contribution in [3.05, 3.63) is 151 Å². The van der Waals surface area contributed by atoms with Crippen molar-refractivity contribution < 1.29 is 48.0 Å². The van der Waals surface area contributed by atoms with E-state index in [2.05, 4.69) is 38.5 Å². The number of aromatic amines is 1. The highest BCUT2D eigenvalue weighted by Crippen LogP contribution is 2.36. The molecule has 0 radical (unpaired) electrons. The number of ether oxygens (including phenoxy) is 5. The number of fused-ring (bicyclic) bond motifs is 1. The number of amides is 4. The van der Waals surface area contributed by atoms with Crippen LogP contribution < -0.4 is 30.6 Å². The van der Waals surface area contributed by atoms with Gasteiger partial charge in [0.1, 0.15) is 30.2 Å². The smallest absolute Gasteiger partial charge is 0.255 e. The van der Waals surface area contributed by atoms with Crippen LogP contribution in [0.15, 0.2) is 95.2 Å². The van der Waals surface area contributed by atoms with E-state index in [1.165, 1.54) is 16.2 Å². The van der Waals surface area contributed by atoms with Gasteiger partial charge < -0.3 is 59.1 Å². The van der Waals surface area contributed by atoms with Gasteiger partial charge in [-0.15, -0.1) is 11.3 Å². The lowest BCUT2D eigenvalue weighted by atomic mass is 9.95. The number of thiazole rings is 1. The monoisotopic (exact) mass is 1170 g/mol. The van der Waals surface area contributed by atoms with Crippen molar-refractivity contribution in [1.29, 1.82) is 0 Å². The molecular formula is C65H79N7O11S. The SMILES string of the molecule is CCN(c1cc(-c2ccc(OCCCOCCOCCOc3cc(-c4scnc4C)ccc3CNC(=O)C3C[C@@H](O)CN3C(=O)[C@H](C(C)C)N3Cc4ccccc4C3=O)cc2)cc(C(=O)NCc2c(C)cc(C)[nH]c2=O)c1C)C1CCOCC1. The zero-order valence-electron chi connectivity index (χ0n) is 49.3. The van der Waals surface area contributed by atoms with Gasteiger partial charge in [-0.2, -0.15) is 0 Å². The third kappa shape index (κ3) is 14.6. The number of benzene rings is 4. The molecule has 84 heavy (non-hydrogen) atoms. The highest BCUT2D eigenvalue weighted by molar-refractivity contribution is 7.13. The van der Waals surface area contributed by atoms with Gasteiger partial charge in [0.05, 0.1) is 48.6 Å². The lowest BCUT2D eigenvalue weighted by Crippen LogP contribution is -2.55. The Balaban J connectivity index is 0.738. The molecule has 6 aromatic rings. The maximum absolute atomic E-state index is 14.3. The van der Waals surface area contributed by atoms with E-state index >= 15 is 0 Å². The van der Waals surface area contributed by atoms with E-state index in [9.17, 15) is 29.1 Å². The highest BCUT2D eigenvalue weighted by Gasteiger charge is 2.46. The number of nitrogens with one attached hydrogen (secondary N) is 3. The molecule has 19 heteroatoms. The van der Waals surface area contributed by atoms with Crippen molar-refractivity contribution in [1.82, 2.24) is 30.4 Å². The number of nitrogens with zero attached hydrogens (tertiary/aromatic N) is 4. The zero-order chi connectivity index (χ0) is 59.4. The summed E-state index contributed by atoms with van der Waals surface area (Å²) in [6.07, 6.45) is 1.65. The number of aliphatic hydroxyl groups excluding tert-OH is 1. The summed E-state index contributed by atoms with van der Waals surface area (Å²) >= 11 is 1.53. The molecule has 4 amide bonds. The van der Waals surface area contributed by atoms with Gasteiger partial charge in [0, 0.05) is 105 Å². The Bertz CT molecular complexity index is 3340. The maximum Gasteiger partial charge on any atom is 0.255 e. The fourth-order valence-corrected chi connectivity index (χ4v) is 12.4. The van der Waals surface area contributed by atoms with Crippen LogP contribution in [-0.2, 0) is 43.4 Å². The second kappa shape index (κ2) is 28.4. The number of pyridine rings is 1. The minimum atomic E-state index is -0.922. The second-order valence-electron chi connectivity index (χ2n) is 22.2. The molecule has 0 saturated carbocycles. The number of hydrogen-bond donors (Lipinski definition) is 4. The van der Waals surface area contributed by atoms with Crippen molar-refractivity contribution in [2.45, 2.75) is 118 Å². The van der Waals surface area contributed by atoms with Crippen LogP contribution in [0.4, 0.5) is 5.69 Å². The first-order valence-electron chi connectivity index (χ1n) is 29.3. The first kappa shape index (κ1) is 61.1. The van der Waals surface area contributed by atoms with Crippen LogP contribution >= 0.6 is 11.3 Å². The van der Waals surface area contributed by atoms with E-state index in [4.69, 9.17) is 23.7 Å². The lowest BCUT2D eigenvalue weighted by molar-refractivity contribution is -0.143. The third-order valence-electron chi connectivity index (χ3n) is 16.0. The van der Waals surface area contributed by atoms with Crippen LogP contribution in [0, 0.1) is 33.6 Å². The molecule has 2 aromatic heterocycles. The minimum Gasteiger partial charge on any atom is -0.494 e. The molecule has 3 aliphatic heterocycles. The van der Waals surface area contributed by atoms with E-state index in [1.54, 1.807) is 16.5 Å². The first-order valence-corrected chi connectivity index (χ1v) is 30.1. The Morgan fingerprint density at radius 1 is 0.845 bits per heavy atom. The van der Waals surface area contributed by atoms with E-state index in [0.717, 1.165) is 80.3 Å². The second-order valence-corrected chi connectivity index (χ2v) is 23.1. The van der Waals surface area contributed by atoms with E-state index in [-0.39, 0.29) is 74.5 Å². The molecule has 3 aliphatic rings. The zero-order valence-corrected chi connectivity index (χ0v) is 50.1. The summed E-state index contributed by atoms with van der Waals surface area (Å²) < 4.78 is 29.9. The number of aromatic nitrogens is 2. The molecule has 4 N–H and O–H groups in total. The number of hydrogen-bond acceptors (Lipinski definition) is 14. The summed E-state index contributed by atoms with van der Waals surface area (Å²) in [5.41, 5.74) is 12.0. The predicted molar refractivity (Wildman–Crippen MR) is 324 cm³/mol. The summed E-state index contributed by atoms with van der Waals surface area (Å²) in [6, 6.07) is 25.6. The molecule has 0 spiro atoms. The molecule has 446 valence electrons. The number of aliphatic hydroxyl groups is 1. The van der Waals surface area contributed by atoms with Crippen LogP contribution in [0.1, 0.15) is 106 Å². The number of H-pyrrole nitrogens is 1. The van der Waals surface area contributed by atoms with Gasteiger partial charge in [0.25, 0.3) is 17.4 Å². The molecule has 1 unspecified atom stereocenters. The Morgan fingerprint density at radius 2 is 1.58 bits per heavy atom. The van der Waals surface area contributed by atoms with Gasteiger partial charge in [-0.3, -0.25) is 24.0 Å². The van der Waals surface area contributed by atoms with Gasteiger partial charge in [-0.25, -0.2) is 4.98 Å². The third-order valence-corrected chi connectivity index (χ3v) is 17.0. The number of anilines is 1. The van der Waals surface area contributed by atoms with Crippen LogP contribution in [0.5, 0.6) is 11.5 Å². The van der Waals surface area contributed by atoms with Gasteiger partial charge in [0.2, 0.25) is 11.8 Å². The van der Waals surface area contributed by atoms with Crippen molar-refractivity contribution in [3.8, 4) is 33.1 Å². The highest BCUT2D eigenvalue weighted by atomic mass is 32.1. The fourth-order valence-electron chi connectivity index (χ4n) is 11.6. The van der Waals surface area contributed by atoms with Crippen LogP contribution in [-0.4, -0.2) is 139 Å². The summed E-state index contributed by atoms with van der Waals surface area (Å²) in [7, 11) is 0.